The molecular weight excluding hydrogens is 495 g/mol. The van der Waals surface area contributed by atoms with Gasteiger partial charge in [-0.05, 0) is 26.0 Å². The van der Waals surface area contributed by atoms with Crippen molar-refractivity contribution < 1.29 is 38.1 Å². The molecule has 1 aliphatic heterocycles. The number of carbonyl (C=O) groups excluding carboxylic acids is 1. The minimum absolute atomic E-state index is 0.143. The van der Waals surface area contributed by atoms with Crippen molar-refractivity contribution in [1.29, 1.82) is 0 Å². The molecule has 3 unspecified atom stereocenters. The summed E-state index contributed by atoms with van der Waals surface area (Å²) in [5, 5.41) is 24.0. The molecule has 2 aromatic heterocycles. The van der Waals surface area contributed by atoms with Gasteiger partial charge in [0.2, 0.25) is 0 Å². The first kappa shape index (κ1) is 25.9. The summed E-state index contributed by atoms with van der Waals surface area (Å²) < 4.78 is 37.0. The Balaban J connectivity index is 1.56. The minimum Gasteiger partial charge on any atom is -0.468 e. The van der Waals surface area contributed by atoms with Gasteiger partial charge in [0.1, 0.15) is 41.9 Å². The van der Waals surface area contributed by atoms with E-state index in [1.165, 1.54) is 38.2 Å². The molecule has 4 rings (SSSR count). The number of nitrogens with one attached hydrogen (secondary N) is 1. The molecule has 36 heavy (non-hydrogen) atoms. The van der Waals surface area contributed by atoms with Gasteiger partial charge in [0, 0.05) is 0 Å². The molecule has 0 saturated carbocycles. The summed E-state index contributed by atoms with van der Waals surface area (Å²) in [5.74, 6) is -0.334. The summed E-state index contributed by atoms with van der Waals surface area (Å²) in [4.78, 5) is 24.1. The molecule has 194 valence electrons. The Hall–Kier alpha value is -3.13. The van der Waals surface area contributed by atoms with Crippen molar-refractivity contribution in [2.24, 2.45) is 0 Å². The Labute approximate surface area is 206 Å². The number of carbonyl (C=O) groups is 1. The second-order valence-corrected chi connectivity index (χ2v) is 9.79. The summed E-state index contributed by atoms with van der Waals surface area (Å²) in [6.45, 7) is 2.92. The van der Waals surface area contributed by atoms with Crippen LogP contribution in [0.15, 0.2) is 43.0 Å². The number of hydrogen-bond acceptors (Lipinski definition) is 12. The molecular formula is C21H27N6O8P. The van der Waals surface area contributed by atoms with Crippen molar-refractivity contribution in [3.8, 4) is 5.75 Å². The normalized spacial score (nSPS) is 25.2. The highest BCUT2D eigenvalue weighted by molar-refractivity contribution is 7.52. The van der Waals surface area contributed by atoms with Gasteiger partial charge in [-0.15, -0.1) is 0 Å². The molecule has 0 bridgehead atoms. The highest BCUT2D eigenvalue weighted by Crippen LogP contribution is 2.48. The number of nitrogens with zero attached hydrogens (tertiary/aromatic N) is 4. The average molecular weight is 522 g/mol. The van der Waals surface area contributed by atoms with E-state index in [1.54, 1.807) is 30.3 Å². The van der Waals surface area contributed by atoms with Gasteiger partial charge >= 0.3 is 13.7 Å². The van der Waals surface area contributed by atoms with Crippen LogP contribution >= 0.6 is 7.75 Å². The van der Waals surface area contributed by atoms with Gasteiger partial charge in [0.15, 0.2) is 17.7 Å². The first-order chi connectivity index (χ1) is 17.1. The average Bonchev–Trinajstić information content (AvgIpc) is 3.40. The third kappa shape index (κ3) is 5.19. The SMILES string of the molecule is COC(=O)C(C)NP(=O)(Oc1ccccc1)OC(C)[C@H]1O[C@@H](n2cnc3c(N)ncnc32)[C@H](O)[C@@H]1O. The van der Waals surface area contributed by atoms with Crippen molar-refractivity contribution in [2.75, 3.05) is 12.8 Å². The molecule has 1 fully saturated rings. The molecule has 0 radical (unpaired) electrons. The van der Waals surface area contributed by atoms with Crippen molar-refractivity contribution in [1.82, 2.24) is 24.6 Å². The molecule has 1 aromatic carbocycles. The summed E-state index contributed by atoms with van der Waals surface area (Å²) >= 11 is 0. The first-order valence-electron chi connectivity index (χ1n) is 11.0. The van der Waals surface area contributed by atoms with Crippen LogP contribution in [-0.2, 0) is 23.4 Å². The number of aliphatic hydroxyl groups is 2. The van der Waals surface area contributed by atoms with Crippen molar-refractivity contribution in [2.45, 2.75) is 50.5 Å². The molecule has 0 spiro atoms. The number of fused-ring (bicyclic) bond motifs is 1. The maximum atomic E-state index is 13.7. The Morgan fingerprint density at radius 3 is 2.61 bits per heavy atom. The van der Waals surface area contributed by atoms with Gasteiger partial charge in [-0.1, -0.05) is 18.2 Å². The van der Waals surface area contributed by atoms with Crippen LogP contribution in [0.5, 0.6) is 5.75 Å². The van der Waals surface area contributed by atoms with E-state index in [4.69, 9.17) is 19.5 Å². The van der Waals surface area contributed by atoms with E-state index < -0.39 is 50.4 Å². The number of nitrogens with two attached hydrogens (primary N) is 1. The zero-order valence-corrected chi connectivity index (χ0v) is 20.6. The van der Waals surface area contributed by atoms with Gasteiger partial charge in [-0.25, -0.2) is 19.5 Å². The van der Waals surface area contributed by atoms with Gasteiger partial charge in [0.05, 0.1) is 19.5 Å². The summed E-state index contributed by atoms with van der Waals surface area (Å²) in [7, 11) is -3.03. The van der Waals surface area contributed by atoms with Crippen LogP contribution in [-0.4, -0.2) is 73.3 Å². The Kier molecular flexibility index (Phi) is 7.54. The predicted molar refractivity (Wildman–Crippen MR) is 125 cm³/mol. The molecule has 1 saturated heterocycles. The number of hydrogen-bond donors (Lipinski definition) is 4. The fourth-order valence-corrected chi connectivity index (χ4v) is 5.50. The number of esters is 1. The molecule has 0 aliphatic carbocycles. The largest absolute Gasteiger partial charge is 0.468 e. The van der Waals surface area contributed by atoms with Gasteiger partial charge in [-0.2, -0.15) is 5.09 Å². The standard InChI is InChI=1S/C21H27N6O8P/c1-11(21(30)32-3)26-36(31,35-13-7-5-4-6-8-13)34-12(2)17-15(28)16(29)20(33-17)27-10-25-14-18(22)23-9-24-19(14)27/h4-12,15-17,20,28-29H,1-3H3,(H,26,31)(H2,22,23,24)/t11?,12?,15-,16+,17+,20+,36?/m0/s1. The maximum absolute atomic E-state index is 13.7. The molecule has 0 amide bonds. The lowest BCUT2D eigenvalue weighted by Crippen LogP contribution is -2.41. The van der Waals surface area contributed by atoms with Crippen molar-refractivity contribution in [3.05, 3.63) is 43.0 Å². The Morgan fingerprint density at radius 2 is 1.92 bits per heavy atom. The van der Waals surface area contributed by atoms with Crippen molar-refractivity contribution in [3.63, 3.8) is 0 Å². The molecule has 15 heteroatoms. The zero-order valence-electron chi connectivity index (χ0n) is 19.7. The van der Waals surface area contributed by atoms with Crippen LogP contribution in [0, 0.1) is 0 Å². The molecule has 7 atom stereocenters. The van der Waals surface area contributed by atoms with E-state index in [-0.39, 0.29) is 11.6 Å². The number of aromatic nitrogens is 4. The number of nitrogen functional groups attached to an aromatic ring is 1. The van der Waals surface area contributed by atoms with Gasteiger partial charge in [-0.3, -0.25) is 13.9 Å². The fourth-order valence-electron chi connectivity index (χ4n) is 3.80. The Morgan fingerprint density at radius 1 is 1.19 bits per heavy atom. The summed E-state index contributed by atoms with van der Waals surface area (Å²) in [6, 6.07) is 7.15. The smallest absolute Gasteiger partial charge is 0.459 e. The summed E-state index contributed by atoms with van der Waals surface area (Å²) in [6.07, 6.45) is -3.59. The van der Waals surface area contributed by atoms with E-state index in [0.717, 1.165) is 0 Å². The van der Waals surface area contributed by atoms with Crippen LogP contribution in [0.2, 0.25) is 0 Å². The molecule has 14 nitrogen and oxygen atoms in total. The second kappa shape index (κ2) is 10.5. The predicted octanol–water partition coefficient (Wildman–Crippen LogP) is 0.771. The summed E-state index contributed by atoms with van der Waals surface area (Å²) in [5.41, 5.74) is 6.42. The van der Waals surface area contributed by atoms with Crippen LogP contribution in [0.25, 0.3) is 11.2 Å². The number of para-hydroxylation sites is 1. The lowest BCUT2D eigenvalue weighted by Gasteiger charge is -2.28. The minimum atomic E-state index is -4.22. The van der Waals surface area contributed by atoms with Crippen LogP contribution in [0.4, 0.5) is 5.82 Å². The topological polar surface area (TPSA) is 193 Å². The lowest BCUT2D eigenvalue weighted by atomic mass is 10.1. The van der Waals surface area contributed by atoms with E-state index >= 15 is 0 Å². The molecule has 3 aromatic rings. The van der Waals surface area contributed by atoms with Gasteiger partial charge < -0.3 is 29.9 Å². The third-order valence-corrected chi connectivity index (χ3v) is 7.34. The lowest BCUT2D eigenvalue weighted by molar-refractivity contribution is -0.142. The number of benzene rings is 1. The number of ether oxygens (including phenoxy) is 2. The maximum Gasteiger partial charge on any atom is 0.459 e. The Bertz CT molecular complexity index is 1260. The number of anilines is 1. The highest BCUT2D eigenvalue weighted by Gasteiger charge is 2.49. The number of rotatable bonds is 9. The molecule has 1 aliphatic rings. The quantitative estimate of drug-likeness (QED) is 0.228. The van der Waals surface area contributed by atoms with Crippen LogP contribution < -0.4 is 15.3 Å². The third-order valence-electron chi connectivity index (χ3n) is 5.58. The monoisotopic (exact) mass is 522 g/mol. The van der Waals surface area contributed by atoms with Crippen molar-refractivity contribution >= 4 is 30.7 Å². The number of imidazole rings is 1. The highest BCUT2D eigenvalue weighted by atomic mass is 31.2. The molecule has 5 N–H and O–H groups in total. The fraction of sp³-hybridized carbons (Fsp3) is 0.429. The second-order valence-electron chi connectivity index (χ2n) is 8.14. The van der Waals surface area contributed by atoms with Crippen LogP contribution in [0.1, 0.15) is 20.1 Å². The number of methoxy groups -OCH3 is 1. The van der Waals surface area contributed by atoms with Gasteiger partial charge in [0.25, 0.3) is 0 Å². The van der Waals surface area contributed by atoms with E-state index in [9.17, 15) is 19.6 Å². The number of aliphatic hydroxyl groups excluding tert-OH is 2. The van der Waals surface area contributed by atoms with E-state index in [1.807, 2.05) is 0 Å². The zero-order chi connectivity index (χ0) is 26.0. The van der Waals surface area contributed by atoms with Crippen LogP contribution in [0.3, 0.4) is 0 Å². The molecule has 3 heterocycles. The van der Waals surface area contributed by atoms with E-state index in [0.29, 0.717) is 11.2 Å². The van der Waals surface area contributed by atoms with E-state index in [2.05, 4.69) is 24.8 Å². The first-order valence-corrected chi connectivity index (χ1v) is 12.5.